The third-order valence-corrected chi connectivity index (χ3v) is 1.81. The Hall–Kier alpha value is -0.160. The fourth-order valence-electron chi connectivity index (χ4n) is 1.32. The first kappa shape index (κ1) is 9.92. The molecule has 0 spiro atoms. The van der Waals surface area contributed by atoms with Gasteiger partial charge in [0.15, 0.2) is 6.29 Å². The normalized spacial score (nSPS) is 31.2. The maximum atomic E-state index is 5.44. The Morgan fingerprint density at radius 1 is 1.00 bits per heavy atom. The molecule has 12 heavy (non-hydrogen) atoms. The molecule has 1 rings (SSSR count). The van der Waals surface area contributed by atoms with Gasteiger partial charge in [0.05, 0.1) is 13.2 Å². The molecule has 0 aliphatic carbocycles. The van der Waals surface area contributed by atoms with E-state index in [0.29, 0.717) is 13.2 Å². The molecular weight excluding hydrogens is 160 g/mol. The van der Waals surface area contributed by atoms with Gasteiger partial charge in [-0.25, -0.2) is 0 Å². The summed E-state index contributed by atoms with van der Waals surface area (Å²) in [7, 11) is 3.30. The van der Waals surface area contributed by atoms with E-state index in [1.54, 1.807) is 14.2 Å². The van der Waals surface area contributed by atoms with Gasteiger partial charge in [0.2, 0.25) is 0 Å². The van der Waals surface area contributed by atoms with Crippen LogP contribution in [0.15, 0.2) is 0 Å². The number of ether oxygens (including phenoxy) is 4. The Labute approximate surface area is 72.7 Å². The maximum absolute atomic E-state index is 5.44. The van der Waals surface area contributed by atoms with Crippen LogP contribution in [0.2, 0.25) is 0 Å². The van der Waals surface area contributed by atoms with Crippen molar-refractivity contribution in [2.24, 2.45) is 0 Å². The number of rotatable bonds is 4. The Kier molecular flexibility index (Phi) is 3.94. The Morgan fingerprint density at radius 2 is 1.42 bits per heavy atom. The fraction of sp³-hybridized carbons (Fsp3) is 1.00. The van der Waals surface area contributed by atoms with Gasteiger partial charge in [0.1, 0.15) is 12.2 Å². The lowest BCUT2D eigenvalue weighted by Gasteiger charge is -2.14. The average Bonchev–Trinajstić information content (AvgIpc) is 2.33. The Balaban J connectivity index is 2.36. The molecule has 1 heterocycles. The summed E-state index contributed by atoms with van der Waals surface area (Å²) in [5.41, 5.74) is 0. The third-order valence-electron chi connectivity index (χ3n) is 1.81. The molecule has 0 unspecified atom stereocenters. The molecule has 1 aliphatic rings. The van der Waals surface area contributed by atoms with E-state index in [9.17, 15) is 0 Å². The molecule has 0 aromatic carbocycles. The zero-order valence-corrected chi connectivity index (χ0v) is 7.78. The number of hydrogen-bond donors (Lipinski definition) is 0. The van der Waals surface area contributed by atoms with E-state index in [1.807, 2.05) is 6.92 Å². The molecule has 2 atom stereocenters. The molecule has 0 bridgehead atoms. The second-order valence-electron chi connectivity index (χ2n) is 2.83. The lowest BCUT2D eigenvalue weighted by Crippen LogP contribution is -2.30. The van der Waals surface area contributed by atoms with Crippen molar-refractivity contribution in [1.29, 1.82) is 0 Å². The standard InChI is InChI=1S/C8H16O4/c1-6-11-7(4-9-2)8(12-6)5-10-3/h6-8H,4-5H2,1-3H3/t7-,8-/m0/s1. The van der Waals surface area contributed by atoms with Crippen LogP contribution in [-0.2, 0) is 18.9 Å². The van der Waals surface area contributed by atoms with E-state index in [2.05, 4.69) is 0 Å². The van der Waals surface area contributed by atoms with E-state index in [4.69, 9.17) is 18.9 Å². The molecule has 0 N–H and O–H groups in total. The summed E-state index contributed by atoms with van der Waals surface area (Å²) in [4.78, 5) is 0. The molecule has 1 aliphatic heterocycles. The maximum Gasteiger partial charge on any atom is 0.156 e. The highest BCUT2D eigenvalue weighted by atomic mass is 16.7. The van der Waals surface area contributed by atoms with Gasteiger partial charge in [-0.1, -0.05) is 0 Å². The zero-order chi connectivity index (χ0) is 8.97. The minimum absolute atomic E-state index is 0.00458. The molecule has 4 nitrogen and oxygen atoms in total. The predicted octanol–water partition coefficient (Wildman–Crippen LogP) is 0.409. The summed E-state index contributed by atoms with van der Waals surface area (Å²) in [6.45, 7) is 2.98. The fourth-order valence-corrected chi connectivity index (χ4v) is 1.32. The SMILES string of the molecule is COC[C@@H]1OC(C)O[C@H]1COC. The summed E-state index contributed by atoms with van der Waals surface area (Å²) in [5.74, 6) is 0. The summed E-state index contributed by atoms with van der Waals surface area (Å²) in [6.07, 6.45) is -0.139. The van der Waals surface area contributed by atoms with Crippen LogP contribution in [-0.4, -0.2) is 45.9 Å². The molecule has 0 saturated carbocycles. The average molecular weight is 176 g/mol. The van der Waals surface area contributed by atoms with Crippen molar-refractivity contribution in [3.8, 4) is 0 Å². The largest absolute Gasteiger partial charge is 0.382 e. The van der Waals surface area contributed by atoms with Crippen LogP contribution in [0.5, 0.6) is 0 Å². The number of methoxy groups -OCH3 is 2. The predicted molar refractivity (Wildman–Crippen MR) is 43.0 cm³/mol. The van der Waals surface area contributed by atoms with E-state index >= 15 is 0 Å². The topological polar surface area (TPSA) is 36.9 Å². The summed E-state index contributed by atoms with van der Waals surface area (Å²) in [6, 6.07) is 0. The van der Waals surface area contributed by atoms with E-state index < -0.39 is 0 Å². The molecule has 0 radical (unpaired) electrons. The highest BCUT2D eigenvalue weighted by molar-refractivity contribution is 4.75. The smallest absolute Gasteiger partial charge is 0.156 e. The summed E-state index contributed by atoms with van der Waals surface area (Å²) < 4.78 is 20.9. The van der Waals surface area contributed by atoms with E-state index in [-0.39, 0.29) is 18.5 Å². The highest BCUT2D eigenvalue weighted by Crippen LogP contribution is 2.19. The highest BCUT2D eigenvalue weighted by Gasteiger charge is 2.33. The van der Waals surface area contributed by atoms with Gasteiger partial charge in [-0.2, -0.15) is 0 Å². The van der Waals surface area contributed by atoms with Gasteiger partial charge in [-0.3, -0.25) is 0 Å². The van der Waals surface area contributed by atoms with Crippen LogP contribution in [0.4, 0.5) is 0 Å². The zero-order valence-electron chi connectivity index (χ0n) is 7.78. The van der Waals surface area contributed by atoms with Crippen molar-refractivity contribution in [2.75, 3.05) is 27.4 Å². The van der Waals surface area contributed by atoms with Gasteiger partial charge in [-0.05, 0) is 6.92 Å². The lowest BCUT2D eigenvalue weighted by atomic mass is 10.2. The molecule has 0 aromatic rings. The third kappa shape index (κ3) is 2.42. The quantitative estimate of drug-likeness (QED) is 0.621. The molecule has 1 fully saturated rings. The molecule has 1 saturated heterocycles. The van der Waals surface area contributed by atoms with Gasteiger partial charge in [0, 0.05) is 14.2 Å². The lowest BCUT2D eigenvalue weighted by molar-refractivity contribution is -0.0628. The van der Waals surface area contributed by atoms with E-state index in [0.717, 1.165) is 0 Å². The van der Waals surface area contributed by atoms with Crippen molar-refractivity contribution in [3.63, 3.8) is 0 Å². The molecule has 4 heteroatoms. The molecule has 72 valence electrons. The van der Waals surface area contributed by atoms with Crippen LogP contribution in [0.3, 0.4) is 0 Å². The minimum Gasteiger partial charge on any atom is -0.382 e. The van der Waals surface area contributed by atoms with Crippen molar-refractivity contribution in [2.45, 2.75) is 25.4 Å². The van der Waals surface area contributed by atoms with Crippen molar-refractivity contribution >= 4 is 0 Å². The molecular formula is C8H16O4. The molecule has 0 aromatic heterocycles. The summed E-state index contributed by atoms with van der Waals surface area (Å²) in [5, 5.41) is 0. The van der Waals surface area contributed by atoms with Gasteiger partial charge >= 0.3 is 0 Å². The van der Waals surface area contributed by atoms with Crippen molar-refractivity contribution < 1.29 is 18.9 Å². The van der Waals surface area contributed by atoms with Crippen LogP contribution in [0.25, 0.3) is 0 Å². The van der Waals surface area contributed by atoms with Crippen molar-refractivity contribution in [3.05, 3.63) is 0 Å². The summed E-state index contributed by atoms with van der Waals surface area (Å²) >= 11 is 0. The van der Waals surface area contributed by atoms with Gasteiger partial charge in [-0.15, -0.1) is 0 Å². The first-order chi connectivity index (χ1) is 5.77. The van der Waals surface area contributed by atoms with Crippen molar-refractivity contribution in [1.82, 2.24) is 0 Å². The first-order valence-corrected chi connectivity index (χ1v) is 4.06. The number of hydrogen-bond acceptors (Lipinski definition) is 4. The van der Waals surface area contributed by atoms with Crippen LogP contribution < -0.4 is 0 Å². The Morgan fingerprint density at radius 3 is 1.75 bits per heavy atom. The van der Waals surface area contributed by atoms with Gasteiger partial charge < -0.3 is 18.9 Å². The molecule has 0 amide bonds. The first-order valence-electron chi connectivity index (χ1n) is 4.06. The second-order valence-corrected chi connectivity index (χ2v) is 2.83. The van der Waals surface area contributed by atoms with Crippen LogP contribution in [0.1, 0.15) is 6.92 Å². The Bertz CT molecular complexity index is 114. The minimum atomic E-state index is -0.148. The second kappa shape index (κ2) is 4.77. The van der Waals surface area contributed by atoms with E-state index in [1.165, 1.54) is 0 Å². The van der Waals surface area contributed by atoms with Gasteiger partial charge in [0.25, 0.3) is 0 Å². The van der Waals surface area contributed by atoms with Crippen LogP contribution in [0, 0.1) is 0 Å². The monoisotopic (exact) mass is 176 g/mol. The van der Waals surface area contributed by atoms with Crippen LogP contribution >= 0.6 is 0 Å².